The number of carbonyl (C=O) groups is 1. The Balaban J connectivity index is 3.90. The number of hydrogen-bond donors (Lipinski definition) is 1. The zero-order chi connectivity index (χ0) is 6.62. The summed E-state index contributed by atoms with van der Waals surface area (Å²) in [5.74, 6) is 0. The van der Waals surface area contributed by atoms with Crippen LogP contribution in [-0.2, 0) is 4.79 Å². The first-order valence-electron chi connectivity index (χ1n) is 2.27. The molecule has 0 radical (unpaired) electrons. The fourth-order valence-electron chi connectivity index (χ4n) is 0.179. The van der Waals surface area contributed by atoms with Crippen molar-refractivity contribution in [3.63, 3.8) is 0 Å². The van der Waals surface area contributed by atoms with Gasteiger partial charge in [0.15, 0.2) is 0 Å². The van der Waals surface area contributed by atoms with E-state index in [2.05, 4.69) is 5.16 Å². The maximum absolute atomic E-state index is 10.0. The predicted octanol–water partition coefficient (Wildman–Crippen LogP) is 0.671. The van der Waals surface area contributed by atoms with Crippen LogP contribution in [0.25, 0.3) is 0 Å². The van der Waals surface area contributed by atoms with Crippen molar-refractivity contribution in [1.29, 1.82) is 0 Å². The monoisotopic (exact) mass is 115 g/mol. The van der Waals surface area contributed by atoms with Gasteiger partial charge in [-0.15, -0.1) is 5.16 Å². The van der Waals surface area contributed by atoms with E-state index in [-0.39, 0.29) is 0 Å². The second-order valence-corrected chi connectivity index (χ2v) is 2.18. The Morgan fingerprint density at radius 3 is 2.25 bits per heavy atom. The summed E-state index contributed by atoms with van der Waals surface area (Å²) in [7, 11) is 0. The third-order valence-corrected chi connectivity index (χ3v) is 0.694. The van der Waals surface area contributed by atoms with Gasteiger partial charge in [-0.2, -0.15) is 0 Å². The molecule has 0 fully saturated rings. The first-order valence-corrected chi connectivity index (χ1v) is 2.27. The highest BCUT2D eigenvalue weighted by molar-refractivity contribution is 5.84. The summed E-state index contributed by atoms with van der Waals surface area (Å²) in [5.41, 5.74) is -0.630. The van der Waals surface area contributed by atoms with Gasteiger partial charge in [0.25, 0.3) is 0 Å². The molecule has 0 aromatic carbocycles. The molecule has 0 bridgehead atoms. The summed E-state index contributed by atoms with van der Waals surface area (Å²) >= 11 is 0. The highest BCUT2D eigenvalue weighted by Gasteiger charge is 2.11. The lowest BCUT2D eigenvalue weighted by Crippen LogP contribution is -2.13. The normalized spacial score (nSPS) is 12.2. The highest BCUT2D eigenvalue weighted by atomic mass is 16.4. The second-order valence-electron chi connectivity index (χ2n) is 2.18. The van der Waals surface area contributed by atoms with Gasteiger partial charge in [0.05, 0.1) is 11.6 Å². The van der Waals surface area contributed by atoms with E-state index in [4.69, 9.17) is 5.21 Å². The maximum Gasteiger partial charge on any atom is 0.131 e. The van der Waals surface area contributed by atoms with Gasteiger partial charge < -0.3 is 10.0 Å². The molecule has 0 rings (SSSR count). The zero-order valence-electron chi connectivity index (χ0n) is 4.96. The van der Waals surface area contributed by atoms with E-state index in [1.54, 1.807) is 13.8 Å². The average Bonchev–Trinajstić information content (AvgIpc) is 1.67. The van der Waals surface area contributed by atoms with Crippen LogP contribution in [0, 0.1) is 5.41 Å². The van der Waals surface area contributed by atoms with E-state index in [0.29, 0.717) is 6.29 Å². The molecule has 0 heterocycles. The van der Waals surface area contributed by atoms with E-state index in [1.165, 1.54) is 6.21 Å². The van der Waals surface area contributed by atoms with Crippen molar-refractivity contribution in [2.45, 2.75) is 13.8 Å². The second kappa shape index (κ2) is 2.45. The Kier molecular flexibility index (Phi) is 2.19. The summed E-state index contributed by atoms with van der Waals surface area (Å²) in [6, 6.07) is 0. The SMILES string of the molecule is CC(C)(C=O)/C=N/O. The maximum atomic E-state index is 10.0. The van der Waals surface area contributed by atoms with Crippen molar-refractivity contribution in [3.8, 4) is 0 Å². The predicted molar refractivity (Wildman–Crippen MR) is 30.1 cm³/mol. The van der Waals surface area contributed by atoms with Gasteiger partial charge in [0.1, 0.15) is 6.29 Å². The standard InChI is InChI=1S/C5H9NO2/c1-5(2,4-7)3-6-8/h3-4,8H,1-2H3/b6-3+. The van der Waals surface area contributed by atoms with Gasteiger partial charge in [-0.3, -0.25) is 0 Å². The summed E-state index contributed by atoms with van der Waals surface area (Å²) in [6.45, 7) is 3.30. The minimum Gasteiger partial charge on any atom is -0.411 e. The number of nitrogens with zero attached hydrogens (tertiary/aromatic N) is 1. The third-order valence-electron chi connectivity index (χ3n) is 0.694. The molecule has 0 aliphatic carbocycles. The number of aldehydes is 1. The lowest BCUT2D eigenvalue weighted by Gasteiger charge is -2.05. The molecule has 0 spiro atoms. The summed E-state index contributed by atoms with van der Waals surface area (Å²) < 4.78 is 0. The van der Waals surface area contributed by atoms with Gasteiger partial charge in [-0.25, -0.2) is 0 Å². The number of hydrogen-bond acceptors (Lipinski definition) is 3. The van der Waals surface area contributed by atoms with Crippen LogP contribution in [0.15, 0.2) is 5.16 Å². The van der Waals surface area contributed by atoms with Crippen molar-refractivity contribution in [2.24, 2.45) is 10.6 Å². The van der Waals surface area contributed by atoms with E-state index in [1.807, 2.05) is 0 Å². The summed E-state index contributed by atoms with van der Waals surface area (Å²) in [4.78, 5) is 10.0. The van der Waals surface area contributed by atoms with Gasteiger partial charge in [0, 0.05) is 0 Å². The first kappa shape index (κ1) is 7.14. The molecule has 3 heteroatoms. The van der Waals surface area contributed by atoms with Crippen molar-refractivity contribution < 1.29 is 10.0 Å². The van der Waals surface area contributed by atoms with E-state index in [9.17, 15) is 4.79 Å². The molecule has 0 aromatic rings. The largest absolute Gasteiger partial charge is 0.411 e. The number of carbonyl (C=O) groups excluding carboxylic acids is 1. The molecule has 8 heavy (non-hydrogen) atoms. The third kappa shape index (κ3) is 2.34. The topological polar surface area (TPSA) is 49.7 Å². The smallest absolute Gasteiger partial charge is 0.131 e. The molecule has 0 aliphatic rings. The quantitative estimate of drug-likeness (QED) is 0.249. The fourth-order valence-corrected chi connectivity index (χ4v) is 0.179. The molecule has 0 aliphatic heterocycles. The number of rotatable bonds is 2. The molecule has 0 atom stereocenters. The summed E-state index contributed by atoms with van der Waals surface area (Å²) in [5, 5.41) is 10.7. The molecule has 1 N–H and O–H groups in total. The minimum absolute atomic E-state index is 0.630. The minimum atomic E-state index is -0.630. The van der Waals surface area contributed by atoms with Crippen molar-refractivity contribution >= 4 is 12.5 Å². The van der Waals surface area contributed by atoms with Crippen LogP contribution in [0.4, 0.5) is 0 Å². The van der Waals surface area contributed by atoms with Crippen molar-refractivity contribution in [1.82, 2.24) is 0 Å². The van der Waals surface area contributed by atoms with Crippen LogP contribution in [0.2, 0.25) is 0 Å². The lowest BCUT2D eigenvalue weighted by molar-refractivity contribution is -0.112. The van der Waals surface area contributed by atoms with Gasteiger partial charge in [-0.05, 0) is 13.8 Å². The van der Waals surface area contributed by atoms with Crippen LogP contribution >= 0.6 is 0 Å². The fraction of sp³-hybridized carbons (Fsp3) is 0.600. The van der Waals surface area contributed by atoms with E-state index in [0.717, 1.165) is 0 Å². The molecule has 0 saturated heterocycles. The zero-order valence-corrected chi connectivity index (χ0v) is 4.96. The van der Waals surface area contributed by atoms with Crippen LogP contribution < -0.4 is 0 Å². The van der Waals surface area contributed by atoms with Crippen LogP contribution in [-0.4, -0.2) is 17.7 Å². The molecular formula is C5H9NO2. The Hall–Kier alpha value is -0.860. The molecule has 3 nitrogen and oxygen atoms in total. The van der Waals surface area contributed by atoms with E-state index < -0.39 is 5.41 Å². The van der Waals surface area contributed by atoms with Crippen molar-refractivity contribution in [3.05, 3.63) is 0 Å². The highest BCUT2D eigenvalue weighted by Crippen LogP contribution is 2.04. The Labute approximate surface area is 48.0 Å². The Bertz CT molecular complexity index is 107. The van der Waals surface area contributed by atoms with Gasteiger partial charge >= 0.3 is 0 Å². The molecule has 46 valence electrons. The van der Waals surface area contributed by atoms with Crippen molar-refractivity contribution in [2.75, 3.05) is 0 Å². The van der Waals surface area contributed by atoms with Crippen LogP contribution in [0.5, 0.6) is 0 Å². The molecule has 0 saturated carbocycles. The number of oxime groups is 1. The Morgan fingerprint density at radius 2 is 2.12 bits per heavy atom. The van der Waals surface area contributed by atoms with Gasteiger partial charge in [0.2, 0.25) is 0 Å². The lowest BCUT2D eigenvalue weighted by atomic mass is 9.98. The van der Waals surface area contributed by atoms with Gasteiger partial charge in [-0.1, -0.05) is 0 Å². The average molecular weight is 115 g/mol. The molecule has 0 aromatic heterocycles. The first-order chi connectivity index (χ1) is 3.62. The molecular weight excluding hydrogens is 106 g/mol. The van der Waals surface area contributed by atoms with E-state index >= 15 is 0 Å². The molecule has 0 unspecified atom stereocenters. The molecule has 0 amide bonds. The summed E-state index contributed by atoms with van der Waals surface area (Å²) in [6.07, 6.45) is 1.90. The Morgan fingerprint density at radius 1 is 1.62 bits per heavy atom. The van der Waals surface area contributed by atoms with Crippen LogP contribution in [0.1, 0.15) is 13.8 Å². The van der Waals surface area contributed by atoms with Crippen LogP contribution in [0.3, 0.4) is 0 Å².